The molecule has 0 N–H and O–H groups in total. The van der Waals surface area contributed by atoms with Crippen molar-refractivity contribution >= 4 is 23.5 Å². The van der Waals surface area contributed by atoms with Crippen molar-refractivity contribution in [3.05, 3.63) is 41.6 Å². The summed E-state index contributed by atoms with van der Waals surface area (Å²) < 4.78 is 0. The fraction of sp³-hybridized carbons (Fsp3) is 0. The molecule has 2 aromatic rings. The number of aldehydes is 2. The highest BCUT2D eigenvalue weighted by molar-refractivity contribution is 5.89. The molecule has 0 bridgehead atoms. The second-order valence-electron chi connectivity index (χ2n) is 2.96. The van der Waals surface area contributed by atoms with Crippen LogP contribution >= 0.6 is 0 Å². The minimum atomic E-state index is 0.538. The molecule has 0 unspecified atom stereocenters. The van der Waals surface area contributed by atoms with Gasteiger partial charge in [0.15, 0.2) is 6.29 Å². The molecule has 0 aliphatic rings. The van der Waals surface area contributed by atoms with Crippen molar-refractivity contribution in [3.8, 4) is 0 Å². The summed E-state index contributed by atoms with van der Waals surface area (Å²) >= 11 is 0. The molecule has 3 nitrogen and oxygen atoms in total. The van der Waals surface area contributed by atoms with E-state index in [0.29, 0.717) is 11.1 Å². The number of fused-ring (bicyclic) bond motifs is 1. The van der Waals surface area contributed by atoms with Crippen LogP contribution in [0.2, 0.25) is 0 Å². The topological polar surface area (TPSA) is 47.0 Å². The summed E-state index contributed by atoms with van der Waals surface area (Å²) in [6.07, 6.45) is 3.01. The van der Waals surface area contributed by atoms with E-state index in [0.717, 1.165) is 23.5 Å². The molecule has 0 atom stereocenters. The molecule has 0 fully saturated rings. The van der Waals surface area contributed by atoms with Crippen LogP contribution < -0.4 is 0 Å². The Morgan fingerprint density at radius 3 is 2.50 bits per heavy atom. The Bertz CT molecular complexity index is 458. The zero-order chi connectivity index (χ0) is 9.97. The maximum Gasteiger partial charge on any atom is 0.151 e. The molecule has 0 amide bonds. The molecule has 0 saturated heterocycles. The van der Waals surface area contributed by atoms with Gasteiger partial charge in [-0.1, -0.05) is 12.1 Å². The van der Waals surface area contributed by atoms with E-state index in [1.54, 1.807) is 24.3 Å². The lowest BCUT2D eigenvalue weighted by Gasteiger charge is -1.98. The molecule has 0 aliphatic heterocycles. The van der Waals surface area contributed by atoms with E-state index in [4.69, 9.17) is 0 Å². The van der Waals surface area contributed by atoms with Gasteiger partial charge in [0, 0.05) is 22.7 Å². The number of hydrogen-bond donors (Lipinski definition) is 0. The van der Waals surface area contributed by atoms with Crippen LogP contribution in [0.15, 0.2) is 30.5 Å². The third kappa shape index (κ3) is 1.40. The molecule has 1 heterocycles. The molecular weight excluding hydrogens is 178 g/mol. The van der Waals surface area contributed by atoms with Gasteiger partial charge in [-0.2, -0.15) is 0 Å². The van der Waals surface area contributed by atoms with E-state index in [9.17, 15) is 9.59 Å². The van der Waals surface area contributed by atoms with Crippen LogP contribution in [0, 0.1) is 0 Å². The van der Waals surface area contributed by atoms with E-state index in [1.165, 1.54) is 6.20 Å². The average molecular weight is 185 g/mol. The van der Waals surface area contributed by atoms with E-state index < -0.39 is 0 Å². The molecule has 3 heteroatoms. The summed E-state index contributed by atoms with van der Waals surface area (Å²) in [5.74, 6) is 0. The van der Waals surface area contributed by atoms with Crippen LogP contribution in [0.1, 0.15) is 20.7 Å². The average Bonchev–Trinajstić information content (AvgIpc) is 2.27. The van der Waals surface area contributed by atoms with Gasteiger partial charge < -0.3 is 0 Å². The zero-order valence-corrected chi connectivity index (χ0v) is 7.31. The van der Waals surface area contributed by atoms with E-state index in [-0.39, 0.29) is 0 Å². The standard InChI is InChI=1S/C11H7NO2/c13-6-8-1-2-10-3-9(7-14)5-12-11(10)4-8/h1-7H. The van der Waals surface area contributed by atoms with Gasteiger partial charge in [-0.05, 0) is 12.1 Å². The molecule has 0 radical (unpaired) electrons. The first-order valence-corrected chi connectivity index (χ1v) is 4.13. The lowest BCUT2D eigenvalue weighted by atomic mass is 10.1. The Hall–Kier alpha value is -2.03. The largest absolute Gasteiger partial charge is 0.298 e. The lowest BCUT2D eigenvalue weighted by Crippen LogP contribution is -1.86. The van der Waals surface area contributed by atoms with Gasteiger partial charge in [0.25, 0.3) is 0 Å². The van der Waals surface area contributed by atoms with Gasteiger partial charge in [-0.15, -0.1) is 0 Å². The van der Waals surface area contributed by atoms with Gasteiger partial charge in [0.1, 0.15) is 6.29 Å². The summed E-state index contributed by atoms with van der Waals surface area (Å²) in [7, 11) is 0. The Labute approximate surface area is 80.4 Å². The highest BCUT2D eigenvalue weighted by Crippen LogP contribution is 2.13. The van der Waals surface area contributed by atoms with Crippen LogP contribution in [0.3, 0.4) is 0 Å². The summed E-state index contributed by atoms with van der Waals surface area (Å²) in [6.45, 7) is 0. The maximum absolute atomic E-state index is 10.5. The van der Waals surface area contributed by atoms with Crippen molar-refractivity contribution in [2.24, 2.45) is 0 Å². The van der Waals surface area contributed by atoms with E-state index in [2.05, 4.69) is 4.98 Å². The highest BCUT2D eigenvalue weighted by atomic mass is 16.1. The van der Waals surface area contributed by atoms with E-state index in [1.807, 2.05) is 0 Å². The highest BCUT2D eigenvalue weighted by Gasteiger charge is 1.98. The first kappa shape index (κ1) is 8.56. The molecular formula is C11H7NO2. The van der Waals surface area contributed by atoms with Crippen molar-refractivity contribution in [1.82, 2.24) is 4.98 Å². The number of carbonyl (C=O) groups excluding carboxylic acids is 2. The van der Waals surface area contributed by atoms with Crippen molar-refractivity contribution < 1.29 is 9.59 Å². The summed E-state index contributed by atoms with van der Waals surface area (Å²) in [5.41, 5.74) is 1.85. The molecule has 2 rings (SSSR count). The number of rotatable bonds is 2. The number of nitrogens with zero attached hydrogens (tertiary/aromatic N) is 1. The smallest absolute Gasteiger partial charge is 0.151 e. The van der Waals surface area contributed by atoms with Crippen molar-refractivity contribution in [3.63, 3.8) is 0 Å². The van der Waals surface area contributed by atoms with Gasteiger partial charge in [0.2, 0.25) is 0 Å². The Morgan fingerprint density at radius 2 is 1.79 bits per heavy atom. The summed E-state index contributed by atoms with van der Waals surface area (Å²) in [4.78, 5) is 25.0. The number of aromatic nitrogens is 1. The second kappa shape index (κ2) is 3.38. The zero-order valence-electron chi connectivity index (χ0n) is 7.31. The number of benzene rings is 1. The van der Waals surface area contributed by atoms with Crippen molar-refractivity contribution in [2.45, 2.75) is 0 Å². The van der Waals surface area contributed by atoms with Crippen LogP contribution in [0.25, 0.3) is 10.9 Å². The van der Waals surface area contributed by atoms with Crippen LogP contribution in [-0.4, -0.2) is 17.6 Å². The number of carbonyl (C=O) groups is 2. The predicted molar refractivity (Wildman–Crippen MR) is 52.5 cm³/mol. The normalized spacial score (nSPS) is 10.0. The Balaban J connectivity index is 2.68. The molecule has 0 saturated carbocycles. The second-order valence-corrected chi connectivity index (χ2v) is 2.96. The number of hydrogen-bond acceptors (Lipinski definition) is 3. The minimum absolute atomic E-state index is 0.538. The van der Waals surface area contributed by atoms with Crippen LogP contribution in [0.5, 0.6) is 0 Å². The third-order valence-electron chi connectivity index (χ3n) is 2.00. The predicted octanol–water partition coefficient (Wildman–Crippen LogP) is 1.86. The van der Waals surface area contributed by atoms with E-state index >= 15 is 0 Å². The minimum Gasteiger partial charge on any atom is -0.298 e. The van der Waals surface area contributed by atoms with Gasteiger partial charge in [0.05, 0.1) is 5.52 Å². The summed E-state index contributed by atoms with van der Waals surface area (Å²) in [6, 6.07) is 6.91. The first-order chi connectivity index (χ1) is 6.83. The molecule has 14 heavy (non-hydrogen) atoms. The van der Waals surface area contributed by atoms with Gasteiger partial charge in [-0.25, -0.2) is 0 Å². The molecule has 0 aliphatic carbocycles. The fourth-order valence-corrected chi connectivity index (χ4v) is 1.29. The lowest BCUT2D eigenvalue weighted by molar-refractivity contribution is 0.111. The molecule has 0 spiro atoms. The monoisotopic (exact) mass is 185 g/mol. The Kier molecular flexibility index (Phi) is 2.07. The van der Waals surface area contributed by atoms with Gasteiger partial charge in [-0.3, -0.25) is 14.6 Å². The van der Waals surface area contributed by atoms with Crippen molar-refractivity contribution in [2.75, 3.05) is 0 Å². The summed E-state index contributed by atoms with van der Waals surface area (Å²) in [5, 5.41) is 0.861. The maximum atomic E-state index is 10.5. The molecule has 1 aromatic carbocycles. The Morgan fingerprint density at radius 1 is 1.00 bits per heavy atom. The third-order valence-corrected chi connectivity index (χ3v) is 2.00. The number of pyridine rings is 1. The SMILES string of the molecule is O=Cc1cnc2cc(C=O)ccc2c1. The molecule has 68 valence electrons. The van der Waals surface area contributed by atoms with Crippen LogP contribution in [0.4, 0.5) is 0 Å². The van der Waals surface area contributed by atoms with Gasteiger partial charge >= 0.3 is 0 Å². The van der Waals surface area contributed by atoms with Crippen molar-refractivity contribution in [1.29, 1.82) is 0 Å². The molecule has 1 aromatic heterocycles. The quantitative estimate of drug-likeness (QED) is 0.671. The van der Waals surface area contributed by atoms with Crippen LogP contribution in [-0.2, 0) is 0 Å². The fourth-order valence-electron chi connectivity index (χ4n) is 1.29. The first-order valence-electron chi connectivity index (χ1n) is 4.13.